The number of carboxylic acids is 1. The van der Waals surface area contributed by atoms with Gasteiger partial charge in [-0.2, -0.15) is 0 Å². The van der Waals surface area contributed by atoms with Gasteiger partial charge in [-0.25, -0.2) is 18.4 Å². The minimum atomic E-state index is -3.70. The maximum Gasteiger partial charge on any atom is 0.331 e. The number of hydrogen-bond donors (Lipinski definition) is 2. The highest BCUT2D eigenvalue weighted by molar-refractivity contribution is 7.89. The summed E-state index contributed by atoms with van der Waals surface area (Å²) in [6, 6.07) is 5.64. The van der Waals surface area contributed by atoms with Gasteiger partial charge in [-0.15, -0.1) is 0 Å². The largest absolute Gasteiger partial charge is 0.478 e. The van der Waals surface area contributed by atoms with E-state index >= 15 is 0 Å². The van der Waals surface area contributed by atoms with Crippen LogP contribution in [0.4, 0.5) is 0 Å². The molecule has 1 rings (SSSR count). The fraction of sp³-hybridized carbons (Fsp3) is 0.100. The Labute approximate surface area is 93.3 Å². The first-order chi connectivity index (χ1) is 7.30. The van der Waals surface area contributed by atoms with Crippen molar-refractivity contribution in [1.29, 1.82) is 0 Å². The lowest BCUT2D eigenvalue weighted by Gasteiger charge is -1.99. The molecule has 0 aliphatic heterocycles. The summed E-state index contributed by atoms with van der Waals surface area (Å²) in [5, 5.41) is 13.6. The molecule has 0 amide bonds. The summed E-state index contributed by atoms with van der Waals surface area (Å²) in [4.78, 5) is 10.5. The molecule has 0 spiro atoms. The Kier molecular flexibility index (Phi) is 3.46. The minimum absolute atomic E-state index is 0.00220. The van der Waals surface area contributed by atoms with E-state index in [2.05, 4.69) is 0 Å². The summed E-state index contributed by atoms with van der Waals surface area (Å²) in [6.45, 7) is 1.45. The van der Waals surface area contributed by atoms with Crippen molar-refractivity contribution in [1.82, 2.24) is 0 Å². The molecule has 0 atom stereocenters. The SMILES string of the molecule is C/C(=C\c1ccc(S(N)(=O)=O)cc1)C(=O)O. The van der Waals surface area contributed by atoms with Crippen LogP contribution >= 0.6 is 0 Å². The standard InChI is InChI=1S/C10H11NO4S/c1-7(10(12)13)6-8-2-4-9(5-3-8)16(11,14)15/h2-6H,1H3,(H,12,13)(H2,11,14,15)/b7-6+. The number of carboxylic acid groups (broad SMARTS) is 1. The molecule has 5 nitrogen and oxygen atoms in total. The number of benzene rings is 1. The molecule has 0 fully saturated rings. The normalized spacial score (nSPS) is 12.5. The number of nitrogens with two attached hydrogens (primary N) is 1. The molecule has 0 radical (unpaired) electrons. The molecule has 1 aromatic carbocycles. The van der Waals surface area contributed by atoms with Crippen LogP contribution < -0.4 is 5.14 Å². The smallest absolute Gasteiger partial charge is 0.331 e. The fourth-order valence-corrected chi connectivity index (χ4v) is 1.58. The van der Waals surface area contributed by atoms with E-state index in [9.17, 15) is 13.2 Å². The van der Waals surface area contributed by atoms with Gasteiger partial charge < -0.3 is 5.11 Å². The van der Waals surface area contributed by atoms with Crippen LogP contribution in [0.25, 0.3) is 6.08 Å². The van der Waals surface area contributed by atoms with Gasteiger partial charge in [-0.1, -0.05) is 12.1 Å². The number of primary sulfonamides is 1. The van der Waals surface area contributed by atoms with Gasteiger partial charge in [-0.3, -0.25) is 0 Å². The predicted molar refractivity (Wildman–Crippen MR) is 59.1 cm³/mol. The lowest BCUT2D eigenvalue weighted by Crippen LogP contribution is -2.11. The summed E-state index contributed by atoms with van der Waals surface area (Å²) >= 11 is 0. The maximum absolute atomic E-state index is 10.9. The van der Waals surface area contributed by atoms with E-state index in [1.807, 2.05) is 0 Å². The summed E-state index contributed by atoms with van der Waals surface area (Å²) in [6.07, 6.45) is 1.44. The molecule has 0 saturated carbocycles. The lowest BCUT2D eigenvalue weighted by atomic mass is 10.1. The third kappa shape index (κ3) is 3.18. The Hall–Kier alpha value is -1.66. The van der Waals surface area contributed by atoms with E-state index in [1.54, 1.807) is 0 Å². The van der Waals surface area contributed by atoms with Crippen molar-refractivity contribution in [2.45, 2.75) is 11.8 Å². The summed E-state index contributed by atoms with van der Waals surface area (Å²) < 4.78 is 21.9. The number of aliphatic carboxylic acids is 1. The molecule has 3 N–H and O–H groups in total. The van der Waals surface area contributed by atoms with Crippen molar-refractivity contribution in [2.24, 2.45) is 5.14 Å². The van der Waals surface area contributed by atoms with Crippen LogP contribution in [0.15, 0.2) is 34.7 Å². The van der Waals surface area contributed by atoms with Gasteiger partial charge in [0.1, 0.15) is 0 Å². The molecule has 0 heterocycles. The van der Waals surface area contributed by atoms with Gasteiger partial charge in [0.05, 0.1) is 4.90 Å². The second kappa shape index (κ2) is 4.46. The van der Waals surface area contributed by atoms with Gasteiger partial charge in [0.2, 0.25) is 10.0 Å². The molecule has 6 heteroatoms. The molecule has 0 unspecified atom stereocenters. The molecule has 0 aliphatic rings. The van der Waals surface area contributed by atoms with Crippen LogP contribution in [-0.4, -0.2) is 19.5 Å². The first-order valence-corrected chi connectivity index (χ1v) is 5.90. The lowest BCUT2D eigenvalue weighted by molar-refractivity contribution is -0.132. The second-order valence-corrected chi connectivity index (χ2v) is 4.81. The van der Waals surface area contributed by atoms with Crippen molar-refractivity contribution in [3.05, 3.63) is 35.4 Å². The van der Waals surface area contributed by atoms with Gasteiger partial charge >= 0.3 is 5.97 Å². The molecule has 86 valence electrons. The Bertz CT molecular complexity index is 528. The van der Waals surface area contributed by atoms with Crippen LogP contribution in [0, 0.1) is 0 Å². The first kappa shape index (κ1) is 12.4. The zero-order chi connectivity index (χ0) is 12.3. The average molecular weight is 241 g/mol. The van der Waals surface area contributed by atoms with E-state index in [0.29, 0.717) is 5.56 Å². The van der Waals surface area contributed by atoms with Gasteiger partial charge in [0.25, 0.3) is 0 Å². The Morgan fingerprint density at radius 1 is 1.31 bits per heavy atom. The number of carbonyl (C=O) groups is 1. The van der Waals surface area contributed by atoms with E-state index in [4.69, 9.17) is 10.2 Å². The Morgan fingerprint density at radius 2 is 1.81 bits per heavy atom. The average Bonchev–Trinajstić information content (AvgIpc) is 2.17. The van der Waals surface area contributed by atoms with Crippen LogP contribution in [0.2, 0.25) is 0 Å². The second-order valence-electron chi connectivity index (χ2n) is 3.25. The van der Waals surface area contributed by atoms with Crippen LogP contribution in [0.1, 0.15) is 12.5 Å². The zero-order valence-electron chi connectivity index (χ0n) is 8.54. The minimum Gasteiger partial charge on any atom is -0.478 e. The third-order valence-corrected chi connectivity index (χ3v) is 2.86. The van der Waals surface area contributed by atoms with E-state index in [-0.39, 0.29) is 10.5 Å². The van der Waals surface area contributed by atoms with Crippen molar-refractivity contribution in [2.75, 3.05) is 0 Å². The quantitative estimate of drug-likeness (QED) is 0.765. The number of rotatable bonds is 3. The number of sulfonamides is 1. The molecule has 1 aromatic rings. The third-order valence-electron chi connectivity index (χ3n) is 1.93. The molecule has 0 bridgehead atoms. The topological polar surface area (TPSA) is 97.5 Å². The predicted octanol–water partition coefficient (Wildman–Crippen LogP) is 0.822. The van der Waals surface area contributed by atoms with Gasteiger partial charge in [0.15, 0.2) is 0 Å². The van der Waals surface area contributed by atoms with E-state index < -0.39 is 16.0 Å². The summed E-state index contributed by atoms with van der Waals surface area (Å²) in [7, 11) is -3.70. The van der Waals surface area contributed by atoms with Gasteiger partial charge in [0, 0.05) is 5.57 Å². The molecule has 0 aromatic heterocycles. The number of hydrogen-bond acceptors (Lipinski definition) is 3. The highest BCUT2D eigenvalue weighted by atomic mass is 32.2. The first-order valence-electron chi connectivity index (χ1n) is 4.35. The summed E-state index contributed by atoms with van der Waals surface area (Å²) in [5.41, 5.74) is 0.774. The molecule has 0 saturated heterocycles. The van der Waals surface area contributed by atoms with Crippen LogP contribution in [0.3, 0.4) is 0 Å². The van der Waals surface area contributed by atoms with E-state index in [0.717, 1.165) is 0 Å². The van der Waals surface area contributed by atoms with Crippen molar-refractivity contribution in [3.63, 3.8) is 0 Å². The van der Waals surface area contributed by atoms with Crippen LogP contribution in [0.5, 0.6) is 0 Å². The van der Waals surface area contributed by atoms with Crippen molar-refractivity contribution >= 4 is 22.1 Å². The molecular formula is C10H11NO4S. The monoisotopic (exact) mass is 241 g/mol. The van der Waals surface area contributed by atoms with Crippen molar-refractivity contribution < 1.29 is 18.3 Å². The zero-order valence-corrected chi connectivity index (χ0v) is 9.36. The molecule has 16 heavy (non-hydrogen) atoms. The van der Waals surface area contributed by atoms with E-state index in [1.165, 1.54) is 37.3 Å². The maximum atomic E-state index is 10.9. The van der Waals surface area contributed by atoms with Crippen molar-refractivity contribution in [3.8, 4) is 0 Å². The Morgan fingerprint density at radius 3 is 2.19 bits per heavy atom. The van der Waals surface area contributed by atoms with Gasteiger partial charge in [-0.05, 0) is 30.7 Å². The molecular weight excluding hydrogens is 230 g/mol. The Balaban J connectivity index is 3.06. The fourth-order valence-electron chi connectivity index (χ4n) is 1.07. The highest BCUT2D eigenvalue weighted by Gasteiger charge is 2.06. The van der Waals surface area contributed by atoms with Crippen LogP contribution in [-0.2, 0) is 14.8 Å². The molecule has 0 aliphatic carbocycles. The summed E-state index contributed by atoms with van der Waals surface area (Å²) in [5.74, 6) is -1.02. The highest BCUT2D eigenvalue weighted by Crippen LogP contribution is 2.11.